The fourth-order valence-corrected chi connectivity index (χ4v) is 4.61. The van der Waals surface area contributed by atoms with E-state index in [4.69, 9.17) is 0 Å². The number of aromatic nitrogens is 4. The first-order valence-corrected chi connectivity index (χ1v) is 9.68. The molecule has 3 aromatic rings. The van der Waals surface area contributed by atoms with Gasteiger partial charge in [-0.15, -0.1) is 0 Å². The number of aryl methyl sites for hydroxylation is 1. The van der Waals surface area contributed by atoms with E-state index in [2.05, 4.69) is 15.1 Å². The molecule has 0 aliphatic carbocycles. The summed E-state index contributed by atoms with van der Waals surface area (Å²) in [5.74, 6) is -0.548. The Labute approximate surface area is 154 Å². The Morgan fingerprint density at radius 2 is 1.81 bits per heavy atom. The van der Waals surface area contributed by atoms with Gasteiger partial charge in [-0.3, -0.25) is 0 Å². The van der Waals surface area contributed by atoms with Gasteiger partial charge in [-0.25, -0.2) is 22.2 Å². The Balaban J connectivity index is 1.58. The number of hydrogen-bond acceptors (Lipinski definition) is 6. The van der Waals surface area contributed by atoms with Crippen molar-refractivity contribution >= 4 is 21.6 Å². The molecule has 1 aliphatic heterocycles. The number of rotatable bonds is 3. The molecule has 0 radical (unpaired) electrons. The van der Waals surface area contributed by atoms with Crippen LogP contribution in [0.5, 0.6) is 0 Å². The van der Waals surface area contributed by atoms with Crippen LogP contribution in [0.1, 0.15) is 5.69 Å². The number of halogens is 2. The van der Waals surface area contributed by atoms with Gasteiger partial charge in [0.05, 0.1) is 0 Å². The lowest BCUT2D eigenvalue weighted by Crippen LogP contribution is -2.49. The summed E-state index contributed by atoms with van der Waals surface area (Å²) in [6, 6.07) is 4.27. The van der Waals surface area contributed by atoms with Gasteiger partial charge >= 0.3 is 0 Å². The third kappa shape index (κ3) is 3.12. The topological polar surface area (TPSA) is 83.7 Å². The molecule has 1 aromatic carbocycles. The van der Waals surface area contributed by atoms with E-state index in [0.717, 1.165) is 27.9 Å². The van der Waals surface area contributed by atoms with Crippen LogP contribution in [-0.2, 0) is 10.0 Å². The van der Waals surface area contributed by atoms with Crippen molar-refractivity contribution < 1.29 is 17.2 Å². The lowest BCUT2D eigenvalue weighted by molar-refractivity contribution is 0.380. The van der Waals surface area contributed by atoms with E-state index >= 15 is 0 Å². The molecule has 3 heterocycles. The fraction of sp³-hybridized carbons (Fsp3) is 0.312. The number of nitrogens with zero attached hydrogens (tertiary/aromatic N) is 6. The van der Waals surface area contributed by atoms with Crippen molar-refractivity contribution in [1.29, 1.82) is 0 Å². The third-order valence-corrected chi connectivity index (χ3v) is 6.35. The van der Waals surface area contributed by atoms with E-state index in [-0.39, 0.29) is 13.1 Å². The Bertz CT molecular complexity index is 1110. The molecule has 27 heavy (non-hydrogen) atoms. The summed E-state index contributed by atoms with van der Waals surface area (Å²) in [5.41, 5.74) is 0.766. The molecule has 11 heteroatoms. The minimum Gasteiger partial charge on any atom is -0.354 e. The molecule has 1 aliphatic rings. The van der Waals surface area contributed by atoms with Crippen molar-refractivity contribution in [2.45, 2.75) is 11.8 Å². The van der Waals surface area contributed by atoms with Crippen LogP contribution in [0.15, 0.2) is 35.5 Å². The average Bonchev–Trinajstić information content (AvgIpc) is 3.11. The van der Waals surface area contributed by atoms with E-state index in [1.165, 1.54) is 6.33 Å². The van der Waals surface area contributed by atoms with Crippen LogP contribution in [0.3, 0.4) is 0 Å². The molecule has 0 saturated carbocycles. The summed E-state index contributed by atoms with van der Waals surface area (Å²) in [4.78, 5) is 9.68. The van der Waals surface area contributed by atoms with Crippen molar-refractivity contribution in [3.8, 4) is 0 Å². The molecular weight excluding hydrogens is 378 g/mol. The maximum Gasteiger partial charge on any atom is 0.254 e. The monoisotopic (exact) mass is 394 g/mol. The van der Waals surface area contributed by atoms with E-state index < -0.39 is 26.6 Å². The maximum atomic E-state index is 13.9. The van der Waals surface area contributed by atoms with Crippen LogP contribution in [0.25, 0.3) is 5.78 Å². The highest BCUT2D eigenvalue weighted by Gasteiger charge is 2.31. The van der Waals surface area contributed by atoms with Gasteiger partial charge in [0.2, 0.25) is 10.0 Å². The van der Waals surface area contributed by atoms with Gasteiger partial charge in [0.15, 0.2) is 0 Å². The van der Waals surface area contributed by atoms with Crippen molar-refractivity contribution in [2.24, 2.45) is 0 Å². The van der Waals surface area contributed by atoms with Crippen LogP contribution in [0.4, 0.5) is 14.6 Å². The third-order valence-electron chi connectivity index (χ3n) is 4.43. The first-order valence-electron chi connectivity index (χ1n) is 8.24. The highest BCUT2D eigenvalue weighted by Crippen LogP contribution is 2.24. The largest absolute Gasteiger partial charge is 0.354 e. The van der Waals surface area contributed by atoms with Gasteiger partial charge in [0.25, 0.3) is 5.78 Å². The van der Waals surface area contributed by atoms with Crippen LogP contribution < -0.4 is 4.90 Å². The first kappa shape index (κ1) is 17.7. The van der Waals surface area contributed by atoms with Crippen molar-refractivity contribution in [3.05, 3.63) is 47.9 Å². The van der Waals surface area contributed by atoms with Crippen molar-refractivity contribution in [1.82, 2.24) is 23.9 Å². The number of sulfonamides is 1. The highest BCUT2D eigenvalue weighted by molar-refractivity contribution is 7.89. The lowest BCUT2D eigenvalue weighted by Gasteiger charge is -2.35. The molecule has 2 aromatic heterocycles. The second kappa shape index (κ2) is 6.50. The molecule has 0 bridgehead atoms. The summed E-state index contributed by atoms with van der Waals surface area (Å²) < 4.78 is 55.5. The zero-order valence-corrected chi connectivity index (χ0v) is 15.2. The summed E-state index contributed by atoms with van der Waals surface area (Å²) in [7, 11) is -4.12. The second-order valence-corrected chi connectivity index (χ2v) is 8.10. The SMILES string of the molecule is Cc1cc(N2CCN(S(=O)(=O)c3cc(F)ccc3F)CC2)n2ncnc2n1. The standard InChI is InChI=1S/C16H16F2N6O2S/c1-11-8-15(24-16(21-11)19-10-20-24)22-4-6-23(7-5-22)27(25,26)14-9-12(17)2-3-13(14)18/h2-3,8-10H,4-7H2,1H3. The molecule has 4 rings (SSSR count). The zero-order valence-electron chi connectivity index (χ0n) is 14.4. The molecule has 1 saturated heterocycles. The quantitative estimate of drug-likeness (QED) is 0.664. The minimum absolute atomic E-state index is 0.135. The molecule has 0 unspecified atom stereocenters. The molecule has 8 nitrogen and oxygen atoms in total. The Hall–Kier alpha value is -2.66. The summed E-state index contributed by atoms with van der Waals surface area (Å²) in [6.45, 7) is 2.85. The van der Waals surface area contributed by atoms with Gasteiger partial charge in [-0.2, -0.15) is 18.9 Å². The minimum atomic E-state index is -4.12. The molecule has 0 spiro atoms. The number of anilines is 1. The van der Waals surface area contributed by atoms with Gasteiger partial charge in [0.1, 0.15) is 28.7 Å². The summed E-state index contributed by atoms with van der Waals surface area (Å²) >= 11 is 0. The van der Waals surface area contributed by atoms with Gasteiger partial charge in [-0.1, -0.05) is 0 Å². The van der Waals surface area contributed by atoms with Gasteiger partial charge < -0.3 is 4.90 Å². The Morgan fingerprint density at radius 1 is 1.07 bits per heavy atom. The zero-order chi connectivity index (χ0) is 19.2. The lowest BCUT2D eigenvalue weighted by atomic mass is 10.3. The van der Waals surface area contributed by atoms with Crippen LogP contribution in [0, 0.1) is 18.6 Å². The first-order chi connectivity index (χ1) is 12.9. The summed E-state index contributed by atoms with van der Waals surface area (Å²) in [6.07, 6.45) is 1.40. The molecular formula is C16H16F2N6O2S. The Morgan fingerprint density at radius 3 is 2.56 bits per heavy atom. The predicted octanol–water partition coefficient (Wildman–Crippen LogP) is 1.22. The van der Waals surface area contributed by atoms with Gasteiger partial charge in [0, 0.05) is 37.9 Å². The number of hydrogen-bond donors (Lipinski definition) is 0. The van der Waals surface area contributed by atoms with Crippen LogP contribution in [0.2, 0.25) is 0 Å². The molecule has 0 N–H and O–H groups in total. The molecule has 0 atom stereocenters. The molecule has 142 valence electrons. The highest BCUT2D eigenvalue weighted by atomic mass is 32.2. The summed E-state index contributed by atoms with van der Waals surface area (Å²) in [5, 5.41) is 4.15. The van der Waals surface area contributed by atoms with Gasteiger partial charge in [-0.05, 0) is 25.1 Å². The number of fused-ring (bicyclic) bond motifs is 1. The van der Waals surface area contributed by atoms with Crippen LogP contribution >= 0.6 is 0 Å². The second-order valence-electron chi connectivity index (χ2n) is 6.19. The van der Waals surface area contributed by atoms with E-state index in [1.54, 1.807) is 4.52 Å². The predicted molar refractivity (Wildman–Crippen MR) is 92.8 cm³/mol. The van der Waals surface area contributed by atoms with E-state index in [0.29, 0.717) is 24.9 Å². The molecule has 1 fully saturated rings. The Kier molecular flexibility index (Phi) is 4.27. The number of piperazine rings is 1. The maximum absolute atomic E-state index is 13.9. The normalized spacial score (nSPS) is 16.2. The van der Waals surface area contributed by atoms with Crippen LogP contribution in [-0.4, -0.2) is 58.5 Å². The van der Waals surface area contributed by atoms with E-state index in [9.17, 15) is 17.2 Å². The smallest absolute Gasteiger partial charge is 0.254 e. The molecule has 0 amide bonds. The van der Waals surface area contributed by atoms with Crippen molar-refractivity contribution in [2.75, 3.05) is 31.1 Å². The van der Waals surface area contributed by atoms with E-state index in [1.807, 2.05) is 17.9 Å². The fourth-order valence-electron chi connectivity index (χ4n) is 3.11. The van der Waals surface area contributed by atoms with Crippen molar-refractivity contribution in [3.63, 3.8) is 0 Å². The average molecular weight is 394 g/mol. The number of benzene rings is 1.